The van der Waals surface area contributed by atoms with Crippen LogP contribution in [0.25, 0.3) is 10.8 Å². The van der Waals surface area contributed by atoms with Crippen molar-refractivity contribution in [3.63, 3.8) is 0 Å². The second kappa shape index (κ2) is 8.15. The molecule has 25 heavy (non-hydrogen) atoms. The van der Waals surface area contributed by atoms with Gasteiger partial charge in [-0.15, -0.1) is 0 Å². The highest BCUT2D eigenvalue weighted by atomic mass is 15.3. The van der Waals surface area contributed by atoms with Gasteiger partial charge in [-0.2, -0.15) is 0 Å². The van der Waals surface area contributed by atoms with Gasteiger partial charge in [0, 0.05) is 37.8 Å². The van der Waals surface area contributed by atoms with Crippen LogP contribution in [0.1, 0.15) is 25.7 Å². The van der Waals surface area contributed by atoms with E-state index < -0.39 is 0 Å². The second-order valence-corrected chi connectivity index (χ2v) is 7.52. The zero-order valence-electron chi connectivity index (χ0n) is 15.2. The zero-order valence-corrected chi connectivity index (χ0v) is 15.2. The summed E-state index contributed by atoms with van der Waals surface area (Å²) in [6.45, 7) is 8.22. The minimum absolute atomic E-state index is 0.961. The number of piperidine rings is 1. The van der Waals surface area contributed by atoms with Crippen molar-refractivity contribution in [2.45, 2.75) is 25.7 Å². The number of pyridine rings is 1. The molecule has 0 aliphatic carbocycles. The van der Waals surface area contributed by atoms with Gasteiger partial charge in [-0.1, -0.05) is 24.3 Å². The minimum atomic E-state index is 0.961. The Bertz CT molecular complexity index is 667. The highest BCUT2D eigenvalue weighted by Crippen LogP contribution is 2.25. The fourth-order valence-corrected chi connectivity index (χ4v) is 4.31. The van der Waals surface area contributed by atoms with Crippen LogP contribution in [0.5, 0.6) is 0 Å². The van der Waals surface area contributed by atoms with Crippen molar-refractivity contribution >= 4 is 16.6 Å². The van der Waals surface area contributed by atoms with Crippen LogP contribution in [0.3, 0.4) is 0 Å². The molecule has 0 saturated carbocycles. The number of hydrogen-bond donors (Lipinski definition) is 1. The number of fused-ring (bicyclic) bond motifs is 1. The van der Waals surface area contributed by atoms with Gasteiger partial charge >= 0.3 is 0 Å². The van der Waals surface area contributed by atoms with Gasteiger partial charge < -0.3 is 10.2 Å². The molecule has 3 heterocycles. The second-order valence-electron chi connectivity index (χ2n) is 7.52. The highest BCUT2D eigenvalue weighted by molar-refractivity contribution is 5.92. The van der Waals surface area contributed by atoms with E-state index in [9.17, 15) is 0 Å². The van der Waals surface area contributed by atoms with Crippen LogP contribution in [-0.4, -0.2) is 55.7 Å². The lowest BCUT2D eigenvalue weighted by Gasteiger charge is -2.36. The summed E-state index contributed by atoms with van der Waals surface area (Å²) in [7, 11) is 0. The molecule has 134 valence electrons. The first-order chi connectivity index (χ1) is 12.4. The Kier molecular flexibility index (Phi) is 5.48. The Morgan fingerprint density at radius 2 is 1.80 bits per heavy atom. The first-order valence-corrected chi connectivity index (χ1v) is 9.92. The van der Waals surface area contributed by atoms with Crippen LogP contribution in [0.15, 0.2) is 36.5 Å². The number of rotatable bonds is 5. The Hall–Kier alpha value is -1.65. The summed E-state index contributed by atoms with van der Waals surface area (Å²) in [5.74, 6) is 2.12. The third kappa shape index (κ3) is 4.13. The molecule has 1 N–H and O–H groups in total. The van der Waals surface area contributed by atoms with Crippen LogP contribution in [0.4, 0.5) is 5.82 Å². The molecule has 1 aromatic carbocycles. The minimum Gasteiger partial charge on any atom is -0.354 e. The third-order valence-corrected chi connectivity index (χ3v) is 5.87. The maximum Gasteiger partial charge on any atom is 0.136 e. The van der Waals surface area contributed by atoms with Crippen molar-refractivity contribution in [3.05, 3.63) is 36.5 Å². The molecular formula is C21H30N4. The Labute approximate surface area is 151 Å². The molecule has 0 atom stereocenters. The SMILES string of the molecule is c1ccc2c(N3CCN(CCCC4CCNCC4)CC3)nccc2c1. The van der Waals surface area contributed by atoms with Gasteiger partial charge in [-0.25, -0.2) is 4.98 Å². The van der Waals surface area contributed by atoms with Crippen LogP contribution in [0.2, 0.25) is 0 Å². The van der Waals surface area contributed by atoms with Gasteiger partial charge in [0.2, 0.25) is 0 Å². The number of nitrogens with zero attached hydrogens (tertiary/aromatic N) is 3. The predicted molar refractivity (Wildman–Crippen MR) is 105 cm³/mol. The summed E-state index contributed by atoms with van der Waals surface area (Å²) >= 11 is 0. The molecule has 2 saturated heterocycles. The molecule has 0 radical (unpaired) electrons. The van der Waals surface area contributed by atoms with Crippen molar-refractivity contribution in [2.24, 2.45) is 5.92 Å². The van der Waals surface area contributed by atoms with E-state index in [0.29, 0.717) is 0 Å². The topological polar surface area (TPSA) is 31.4 Å². The van der Waals surface area contributed by atoms with E-state index in [2.05, 4.69) is 50.4 Å². The molecule has 2 fully saturated rings. The quantitative estimate of drug-likeness (QED) is 0.907. The van der Waals surface area contributed by atoms with E-state index in [4.69, 9.17) is 0 Å². The van der Waals surface area contributed by atoms with Crippen LogP contribution in [0, 0.1) is 5.92 Å². The largest absolute Gasteiger partial charge is 0.354 e. The Balaban J connectivity index is 1.28. The van der Waals surface area contributed by atoms with Crippen molar-refractivity contribution in [1.82, 2.24) is 15.2 Å². The molecule has 2 aliphatic heterocycles. The van der Waals surface area contributed by atoms with Crippen LogP contribution < -0.4 is 10.2 Å². The summed E-state index contributed by atoms with van der Waals surface area (Å²) in [4.78, 5) is 9.79. The lowest BCUT2D eigenvalue weighted by Crippen LogP contribution is -2.47. The predicted octanol–water partition coefficient (Wildman–Crippen LogP) is 3.14. The lowest BCUT2D eigenvalue weighted by molar-refractivity contribution is 0.239. The van der Waals surface area contributed by atoms with Gasteiger partial charge in [-0.3, -0.25) is 4.90 Å². The van der Waals surface area contributed by atoms with Gasteiger partial charge in [0.1, 0.15) is 5.82 Å². The molecule has 2 aliphatic rings. The van der Waals surface area contributed by atoms with Gasteiger partial charge in [0.05, 0.1) is 0 Å². The van der Waals surface area contributed by atoms with E-state index >= 15 is 0 Å². The molecule has 0 unspecified atom stereocenters. The summed E-state index contributed by atoms with van der Waals surface area (Å²) in [6, 6.07) is 10.7. The standard InChI is InChI=1S/C21H30N4/c1-2-6-20-19(5-1)9-12-23-21(20)25-16-14-24(15-17-25)13-3-4-18-7-10-22-11-8-18/h1-2,5-6,9,12,18,22H,3-4,7-8,10-11,13-17H2. The van der Waals surface area contributed by atoms with E-state index in [-0.39, 0.29) is 0 Å². The smallest absolute Gasteiger partial charge is 0.136 e. The van der Waals surface area contributed by atoms with Crippen molar-refractivity contribution in [2.75, 3.05) is 50.7 Å². The number of anilines is 1. The van der Waals surface area contributed by atoms with E-state index in [1.807, 2.05) is 6.20 Å². The van der Waals surface area contributed by atoms with Crippen LogP contribution >= 0.6 is 0 Å². The van der Waals surface area contributed by atoms with Gasteiger partial charge in [-0.05, 0) is 62.7 Å². The molecular weight excluding hydrogens is 308 g/mol. The Morgan fingerprint density at radius 3 is 2.64 bits per heavy atom. The number of hydrogen-bond acceptors (Lipinski definition) is 4. The lowest BCUT2D eigenvalue weighted by atomic mass is 9.93. The maximum absolute atomic E-state index is 4.68. The van der Waals surface area contributed by atoms with E-state index in [1.54, 1.807) is 0 Å². The van der Waals surface area contributed by atoms with E-state index in [0.717, 1.165) is 37.9 Å². The van der Waals surface area contributed by atoms with Gasteiger partial charge in [0.25, 0.3) is 0 Å². The molecule has 4 heteroatoms. The number of benzene rings is 1. The average molecular weight is 338 g/mol. The number of aromatic nitrogens is 1. The van der Waals surface area contributed by atoms with Gasteiger partial charge in [0.15, 0.2) is 0 Å². The fourth-order valence-electron chi connectivity index (χ4n) is 4.31. The van der Waals surface area contributed by atoms with Crippen LogP contribution in [-0.2, 0) is 0 Å². The average Bonchev–Trinajstić information content (AvgIpc) is 2.69. The third-order valence-electron chi connectivity index (χ3n) is 5.87. The Morgan fingerprint density at radius 1 is 1.00 bits per heavy atom. The maximum atomic E-state index is 4.68. The first-order valence-electron chi connectivity index (χ1n) is 9.92. The molecule has 4 rings (SSSR count). The molecule has 2 aromatic rings. The van der Waals surface area contributed by atoms with Crippen molar-refractivity contribution < 1.29 is 0 Å². The highest BCUT2D eigenvalue weighted by Gasteiger charge is 2.20. The summed E-state index contributed by atoms with van der Waals surface area (Å²) < 4.78 is 0. The summed E-state index contributed by atoms with van der Waals surface area (Å²) in [5, 5.41) is 6.04. The molecule has 0 spiro atoms. The molecule has 4 nitrogen and oxygen atoms in total. The number of nitrogens with one attached hydrogen (secondary N) is 1. The van der Waals surface area contributed by atoms with E-state index in [1.165, 1.54) is 56.1 Å². The summed E-state index contributed by atoms with van der Waals surface area (Å²) in [6.07, 6.45) is 7.47. The molecule has 1 aromatic heterocycles. The number of piperazine rings is 1. The normalized spacial score (nSPS) is 20.2. The fraction of sp³-hybridized carbons (Fsp3) is 0.571. The summed E-state index contributed by atoms with van der Waals surface area (Å²) in [5.41, 5.74) is 0. The zero-order chi connectivity index (χ0) is 16.9. The monoisotopic (exact) mass is 338 g/mol. The first kappa shape index (κ1) is 16.8. The molecule has 0 amide bonds. The van der Waals surface area contributed by atoms with Crippen molar-refractivity contribution in [1.29, 1.82) is 0 Å². The molecule has 0 bridgehead atoms. The van der Waals surface area contributed by atoms with Crippen molar-refractivity contribution in [3.8, 4) is 0 Å².